The van der Waals surface area contributed by atoms with Crippen molar-refractivity contribution in [2.45, 2.75) is 78.6 Å². The first-order chi connectivity index (χ1) is 17.0. The number of likely N-dealkylation sites (tertiary alicyclic amines) is 1. The second-order valence-electron chi connectivity index (χ2n) is 11.3. The highest BCUT2D eigenvalue weighted by Crippen LogP contribution is 2.32. The molecule has 2 fully saturated rings. The molecule has 0 radical (unpaired) electrons. The summed E-state index contributed by atoms with van der Waals surface area (Å²) in [6.45, 7) is 17.1. The van der Waals surface area contributed by atoms with Crippen molar-refractivity contribution < 1.29 is 0 Å². The van der Waals surface area contributed by atoms with E-state index in [9.17, 15) is 0 Å². The van der Waals surface area contributed by atoms with Gasteiger partial charge in [-0.15, -0.1) is 0 Å². The predicted molar refractivity (Wildman–Crippen MR) is 149 cm³/mol. The quantitative estimate of drug-likeness (QED) is 0.368. The number of likely N-dealkylation sites (N-methyl/N-ethyl adjacent to an activating group) is 1. The van der Waals surface area contributed by atoms with Crippen LogP contribution in [0.2, 0.25) is 0 Å². The molecule has 194 valence electrons. The van der Waals surface area contributed by atoms with Gasteiger partial charge in [0.15, 0.2) is 0 Å². The van der Waals surface area contributed by atoms with Crippen molar-refractivity contribution in [1.82, 2.24) is 19.6 Å². The zero-order valence-electron chi connectivity index (χ0n) is 23.1. The van der Waals surface area contributed by atoms with Crippen molar-refractivity contribution in [3.8, 4) is 5.69 Å². The van der Waals surface area contributed by atoms with Crippen LogP contribution in [0.25, 0.3) is 5.69 Å². The van der Waals surface area contributed by atoms with E-state index in [2.05, 4.69) is 78.4 Å². The van der Waals surface area contributed by atoms with E-state index >= 15 is 0 Å². The Kier molecular flexibility index (Phi) is 9.29. The van der Waals surface area contributed by atoms with Crippen molar-refractivity contribution in [1.29, 1.82) is 0 Å². The number of aryl methyl sites for hydroxylation is 2. The summed E-state index contributed by atoms with van der Waals surface area (Å²) in [4.78, 5) is 7.76. The minimum absolute atomic E-state index is 0.567. The second-order valence-corrected chi connectivity index (χ2v) is 11.3. The molecule has 3 heterocycles. The Balaban J connectivity index is 1.52. The van der Waals surface area contributed by atoms with Crippen molar-refractivity contribution in [3.05, 3.63) is 41.2 Å². The van der Waals surface area contributed by atoms with E-state index in [1.165, 1.54) is 87.2 Å². The predicted octanol–water partition coefficient (Wildman–Crippen LogP) is 6.03. The molecule has 0 saturated carbocycles. The summed E-state index contributed by atoms with van der Waals surface area (Å²) in [5.74, 6) is 1.48. The normalized spacial score (nSPS) is 20.6. The minimum Gasteiger partial charge on any atom is -0.369 e. The van der Waals surface area contributed by atoms with Crippen LogP contribution < -0.4 is 4.90 Å². The number of benzene rings is 1. The van der Waals surface area contributed by atoms with Gasteiger partial charge in [0.2, 0.25) is 0 Å². The van der Waals surface area contributed by atoms with Crippen LogP contribution in [-0.2, 0) is 0 Å². The highest BCUT2D eigenvalue weighted by atomic mass is 15.3. The zero-order chi connectivity index (χ0) is 24.8. The number of nitrogens with zero attached hydrogens (tertiary/aromatic N) is 5. The molecule has 2 aliphatic rings. The van der Waals surface area contributed by atoms with Crippen LogP contribution in [-0.4, -0.2) is 72.4 Å². The average molecular weight is 480 g/mol. The van der Waals surface area contributed by atoms with Gasteiger partial charge in [-0.05, 0) is 88.4 Å². The highest BCUT2D eigenvalue weighted by molar-refractivity contribution is 5.57. The van der Waals surface area contributed by atoms with Crippen LogP contribution in [0.3, 0.4) is 0 Å². The molecule has 0 spiro atoms. The first-order valence-corrected chi connectivity index (χ1v) is 14.3. The topological polar surface area (TPSA) is 27.5 Å². The maximum absolute atomic E-state index is 4.84. The third kappa shape index (κ3) is 6.89. The van der Waals surface area contributed by atoms with Crippen molar-refractivity contribution >= 4 is 5.69 Å². The molecular formula is C30H49N5. The molecule has 4 rings (SSSR count). The molecule has 5 heteroatoms. The Labute approximate surface area is 214 Å². The van der Waals surface area contributed by atoms with Gasteiger partial charge in [0.05, 0.1) is 11.4 Å². The summed E-state index contributed by atoms with van der Waals surface area (Å²) >= 11 is 0. The summed E-state index contributed by atoms with van der Waals surface area (Å²) in [5, 5.41) is 4.84. The first-order valence-electron chi connectivity index (χ1n) is 14.3. The summed E-state index contributed by atoms with van der Waals surface area (Å²) in [6, 6.07) is 9.46. The van der Waals surface area contributed by atoms with Gasteiger partial charge < -0.3 is 14.7 Å². The SMILES string of the molecule is CCCCCCC1CCN(CC(CC)c2cc(N3CCN(C)CC3)cc(-n3nc(C)cc3C)c2)C1. The van der Waals surface area contributed by atoms with Crippen molar-refractivity contribution in [2.24, 2.45) is 5.92 Å². The lowest BCUT2D eigenvalue weighted by molar-refractivity contribution is 0.294. The van der Waals surface area contributed by atoms with Gasteiger partial charge in [-0.25, -0.2) is 4.68 Å². The fourth-order valence-corrected chi connectivity index (χ4v) is 6.07. The van der Waals surface area contributed by atoms with Crippen LogP contribution in [0.4, 0.5) is 5.69 Å². The Hall–Kier alpha value is -1.85. The third-order valence-corrected chi connectivity index (χ3v) is 8.33. The Morgan fingerprint density at radius 2 is 1.69 bits per heavy atom. The van der Waals surface area contributed by atoms with Crippen LogP contribution in [0.1, 0.15) is 81.7 Å². The number of rotatable bonds is 11. The highest BCUT2D eigenvalue weighted by Gasteiger charge is 2.25. The van der Waals surface area contributed by atoms with Gasteiger partial charge in [0.1, 0.15) is 0 Å². The summed E-state index contributed by atoms with van der Waals surface area (Å²) in [6.07, 6.45) is 9.56. The van der Waals surface area contributed by atoms with E-state index in [1.54, 1.807) is 0 Å². The number of hydrogen-bond acceptors (Lipinski definition) is 4. The van der Waals surface area contributed by atoms with Gasteiger partial charge in [0.25, 0.3) is 0 Å². The van der Waals surface area contributed by atoms with E-state index in [0.717, 1.165) is 37.8 Å². The van der Waals surface area contributed by atoms with E-state index < -0.39 is 0 Å². The van der Waals surface area contributed by atoms with E-state index in [4.69, 9.17) is 5.10 Å². The number of hydrogen-bond donors (Lipinski definition) is 0. The molecule has 0 bridgehead atoms. The molecule has 35 heavy (non-hydrogen) atoms. The number of aromatic nitrogens is 2. The third-order valence-electron chi connectivity index (χ3n) is 8.33. The zero-order valence-corrected chi connectivity index (χ0v) is 23.1. The van der Waals surface area contributed by atoms with Crippen LogP contribution >= 0.6 is 0 Å². The summed E-state index contributed by atoms with van der Waals surface area (Å²) in [5.41, 5.74) is 6.37. The molecule has 2 aliphatic heterocycles. The second kappa shape index (κ2) is 12.4. The summed E-state index contributed by atoms with van der Waals surface area (Å²) in [7, 11) is 2.23. The van der Waals surface area contributed by atoms with E-state index in [1.807, 2.05) is 0 Å². The molecule has 2 atom stereocenters. The number of unbranched alkanes of at least 4 members (excludes halogenated alkanes) is 3. The average Bonchev–Trinajstić information content (AvgIpc) is 3.45. The van der Waals surface area contributed by atoms with Gasteiger partial charge in [-0.2, -0.15) is 5.10 Å². The Morgan fingerprint density at radius 1 is 0.914 bits per heavy atom. The molecule has 0 aliphatic carbocycles. The Morgan fingerprint density at radius 3 is 2.37 bits per heavy atom. The van der Waals surface area contributed by atoms with Gasteiger partial charge >= 0.3 is 0 Å². The molecule has 2 saturated heterocycles. The fourth-order valence-electron chi connectivity index (χ4n) is 6.07. The van der Waals surface area contributed by atoms with Gasteiger partial charge in [-0.1, -0.05) is 39.5 Å². The van der Waals surface area contributed by atoms with Crippen molar-refractivity contribution in [3.63, 3.8) is 0 Å². The fraction of sp³-hybridized carbons (Fsp3) is 0.700. The lowest BCUT2D eigenvalue weighted by Crippen LogP contribution is -2.44. The number of anilines is 1. The Bertz CT molecular complexity index is 927. The largest absolute Gasteiger partial charge is 0.369 e. The molecule has 2 aromatic rings. The molecule has 1 aromatic heterocycles. The lowest BCUT2D eigenvalue weighted by Gasteiger charge is -2.35. The maximum Gasteiger partial charge on any atom is 0.0672 e. The van der Waals surface area contributed by atoms with E-state index in [-0.39, 0.29) is 0 Å². The molecular weight excluding hydrogens is 430 g/mol. The minimum atomic E-state index is 0.567. The van der Waals surface area contributed by atoms with Gasteiger partial charge in [0, 0.05) is 50.6 Å². The van der Waals surface area contributed by atoms with Gasteiger partial charge in [-0.3, -0.25) is 0 Å². The number of piperazine rings is 1. The molecule has 2 unspecified atom stereocenters. The van der Waals surface area contributed by atoms with Crippen LogP contribution in [0, 0.1) is 19.8 Å². The van der Waals surface area contributed by atoms with Crippen LogP contribution in [0.15, 0.2) is 24.3 Å². The maximum atomic E-state index is 4.84. The van der Waals surface area contributed by atoms with Crippen LogP contribution in [0.5, 0.6) is 0 Å². The molecule has 0 N–H and O–H groups in total. The lowest BCUT2D eigenvalue weighted by atomic mass is 9.94. The molecule has 0 amide bonds. The molecule has 5 nitrogen and oxygen atoms in total. The monoisotopic (exact) mass is 479 g/mol. The van der Waals surface area contributed by atoms with Crippen molar-refractivity contribution in [2.75, 3.05) is 57.8 Å². The standard InChI is InChI=1S/C30H49N5/c1-6-8-9-10-11-26-12-13-33(22-26)23-27(7-2)28-19-29(34-16-14-32(5)15-17-34)21-30(20-28)35-25(4)18-24(3)31-35/h18-21,26-27H,6-17,22-23H2,1-5H3. The first kappa shape index (κ1) is 26.2. The molecule has 1 aromatic carbocycles. The van der Waals surface area contributed by atoms with E-state index in [0.29, 0.717) is 5.92 Å². The smallest absolute Gasteiger partial charge is 0.0672 e. The summed E-state index contributed by atoms with van der Waals surface area (Å²) < 4.78 is 2.15.